The van der Waals surface area contributed by atoms with Gasteiger partial charge in [-0.15, -0.1) is 0 Å². The average molecular weight is 253 g/mol. The highest BCUT2D eigenvalue weighted by molar-refractivity contribution is 5.99. The van der Waals surface area contributed by atoms with Crippen molar-refractivity contribution in [3.8, 4) is 0 Å². The Bertz CT molecular complexity index is 702. The Morgan fingerprint density at radius 2 is 2.00 bits per heavy atom. The summed E-state index contributed by atoms with van der Waals surface area (Å²) in [5.41, 5.74) is 8.78. The molecule has 0 aliphatic heterocycles. The van der Waals surface area contributed by atoms with E-state index >= 15 is 0 Å². The maximum atomic E-state index is 5.97. The van der Waals surface area contributed by atoms with Gasteiger partial charge in [0.1, 0.15) is 17.8 Å². The number of nitrogens with two attached hydrogens (primary N) is 1. The first kappa shape index (κ1) is 11.5. The van der Waals surface area contributed by atoms with Crippen LogP contribution in [-0.2, 0) is 6.54 Å². The van der Waals surface area contributed by atoms with E-state index in [9.17, 15) is 0 Å². The number of anilines is 3. The lowest BCUT2D eigenvalue weighted by Gasteiger charge is -2.04. The molecular weight excluding hydrogens is 238 g/mol. The summed E-state index contributed by atoms with van der Waals surface area (Å²) < 4.78 is 2.05. The predicted octanol–water partition coefficient (Wildman–Crippen LogP) is 2.78. The second-order valence-corrected chi connectivity index (χ2v) is 4.28. The van der Waals surface area contributed by atoms with Gasteiger partial charge in [0, 0.05) is 18.4 Å². The van der Waals surface area contributed by atoms with E-state index in [0.29, 0.717) is 5.82 Å². The molecule has 2 heterocycles. The van der Waals surface area contributed by atoms with Crippen LogP contribution in [0.15, 0.2) is 42.9 Å². The van der Waals surface area contributed by atoms with Crippen molar-refractivity contribution in [3.05, 3.63) is 42.9 Å². The highest BCUT2D eigenvalue weighted by Crippen LogP contribution is 2.30. The fourth-order valence-corrected chi connectivity index (χ4v) is 2.16. The van der Waals surface area contributed by atoms with E-state index in [1.54, 1.807) is 0 Å². The summed E-state index contributed by atoms with van der Waals surface area (Å²) in [5.74, 6) is 0.496. The van der Waals surface area contributed by atoms with E-state index in [1.807, 2.05) is 36.5 Å². The lowest BCUT2D eigenvalue weighted by Crippen LogP contribution is -1.96. The zero-order valence-corrected chi connectivity index (χ0v) is 10.7. The van der Waals surface area contributed by atoms with Gasteiger partial charge in [0.2, 0.25) is 0 Å². The molecule has 0 bridgehead atoms. The molecule has 5 nitrogen and oxygen atoms in total. The lowest BCUT2D eigenvalue weighted by atomic mass is 10.3. The summed E-state index contributed by atoms with van der Waals surface area (Å²) in [4.78, 5) is 8.38. The molecule has 5 heteroatoms. The van der Waals surface area contributed by atoms with Crippen molar-refractivity contribution in [3.63, 3.8) is 0 Å². The molecule has 0 aliphatic rings. The number of fused-ring (bicyclic) bond motifs is 1. The maximum absolute atomic E-state index is 5.97. The number of nitrogens with one attached hydrogen (secondary N) is 1. The number of nitrogens with zero attached hydrogens (tertiary/aromatic N) is 3. The first-order valence-corrected chi connectivity index (χ1v) is 6.21. The lowest BCUT2D eigenvalue weighted by molar-refractivity contribution is 0.787. The Balaban J connectivity index is 2.13. The van der Waals surface area contributed by atoms with Gasteiger partial charge in [0.05, 0.1) is 11.1 Å². The van der Waals surface area contributed by atoms with Crippen LogP contribution in [0.4, 0.5) is 17.2 Å². The molecule has 3 N–H and O–H groups in total. The number of rotatable bonds is 3. The van der Waals surface area contributed by atoms with Crippen molar-refractivity contribution in [2.24, 2.45) is 0 Å². The minimum Gasteiger partial charge on any atom is -0.383 e. The molecule has 0 saturated heterocycles. The molecule has 0 amide bonds. The Morgan fingerprint density at radius 1 is 1.21 bits per heavy atom. The van der Waals surface area contributed by atoms with Crippen molar-refractivity contribution < 1.29 is 0 Å². The van der Waals surface area contributed by atoms with Gasteiger partial charge in [0.25, 0.3) is 0 Å². The number of hydrogen-bond acceptors (Lipinski definition) is 4. The van der Waals surface area contributed by atoms with Crippen molar-refractivity contribution in [1.29, 1.82) is 0 Å². The Hall–Kier alpha value is -2.56. The molecule has 2 aromatic heterocycles. The van der Waals surface area contributed by atoms with Gasteiger partial charge in [-0.2, -0.15) is 0 Å². The summed E-state index contributed by atoms with van der Waals surface area (Å²) in [5, 5.41) is 4.23. The molecule has 0 atom stereocenters. The first-order valence-electron chi connectivity index (χ1n) is 6.21. The van der Waals surface area contributed by atoms with E-state index < -0.39 is 0 Å². The summed E-state index contributed by atoms with van der Waals surface area (Å²) in [6.07, 6.45) is 3.51. The van der Waals surface area contributed by atoms with E-state index in [4.69, 9.17) is 5.73 Å². The third-order valence-electron chi connectivity index (χ3n) is 3.08. The number of nitrogen functional groups attached to an aromatic ring is 1. The minimum atomic E-state index is 0.496. The van der Waals surface area contributed by atoms with Crippen LogP contribution in [0.1, 0.15) is 6.92 Å². The Labute approximate surface area is 111 Å². The van der Waals surface area contributed by atoms with E-state index in [-0.39, 0.29) is 0 Å². The first-order chi connectivity index (χ1) is 9.29. The molecule has 0 radical (unpaired) electrons. The van der Waals surface area contributed by atoms with Crippen molar-refractivity contribution in [2.45, 2.75) is 13.5 Å². The van der Waals surface area contributed by atoms with Gasteiger partial charge in [-0.05, 0) is 19.1 Å². The topological polar surface area (TPSA) is 68.8 Å². The molecule has 3 aromatic rings. The van der Waals surface area contributed by atoms with Crippen molar-refractivity contribution in [2.75, 3.05) is 11.1 Å². The van der Waals surface area contributed by atoms with Gasteiger partial charge in [-0.25, -0.2) is 9.97 Å². The fraction of sp³-hybridized carbons (Fsp3) is 0.143. The highest BCUT2D eigenvalue weighted by Gasteiger charge is 2.12. The monoisotopic (exact) mass is 253 g/mol. The van der Waals surface area contributed by atoms with Crippen LogP contribution in [0.3, 0.4) is 0 Å². The minimum absolute atomic E-state index is 0.496. The Kier molecular flexibility index (Phi) is 2.79. The molecule has 0 unspecified atom stereocenters. The van der Waals surface area contributed by atoms with Gasteiger partial charge < -0.3 is 15.6 Å². The smallest absolute Gasteiger partial charge is 0.147 e. The summed E-state index contributed by atoms with van der Waals surface area (Å²) in [6.45, 7) is 2.91. The van der Waals surface area contributed by atoms with Crippen LogP contribution in [0.25, 0.3) is 11.0 Å². The highest BCUT2D eigenvalue weighted by atomic mass is 15.1. The summed E-state index contributed by atoms with van der Waals surface area (Å²) >= 11 is 0. The van der Waals surface area contributed by atoms with Crippen molar-refractivity contribution in [1.82, 2.24) is 14.5 Å². The van der Waals surface area contributed by atoms with Gasteiger partial charge in [-0.3, -0.25) is 0 Å². The molecular formula is C14H15N5. The number of aryl methyl sites for hydroxylation is 1. The average Bonchev–Trinajstić information content (AvgIpc) is 2.79. The van der Waals surface area contributed by atoms with Crippen LogP contribution in [0.5, 0.6) is 0 Å². The molecule has 1 aromatic carbocycles. The van der Waals surface area contributed by atoms with Gasteiger partial charge >= 0.3 is 0 Å². The molecule has 0 aliphatic carbocycles. The third-order valence-corrected chi connectivity index (χ3v) is 3.08. The van der Waals surface area contributed by atoms with Crippen LogP contribution in [0.2, 0.25) is 0 Å². The van der Waals surface area contributed by atoms with Crippen LogP contribution >= 0.6 is 0 Å². The zero-order chi connectivity index (χ0) is 13.2. The second-order valence-electron chi connectivity index (χ2n) is 4.28. The van der Waals surface area contributed by atoms with Gasteiger partial charge in [-0.1, -0.05) is 18.2 Å². The third kappa shape index (κ3) is 1.99. The van der Waals surface area contributed by atoms with E-state index in [0.717, 1.165) is 29.0 Å². The largest absolute Gasteiger partial charge is 0.383 e. The number of hydrogen-bond donors (Lipinski definition) is 2. The normalized spacial score (nSPS) is 10.8. The van der Waals surface area contributed by atoms with Gasteiger partial charge in [0.15, 0.2) is 0 Å². The summed E-state index contributed by atoms with van der Waals surface area (Å²) in [6, 6.07) is 9.98. The number of benzene rings is 1. The van der Waals surface area contributed by atoms with Crippen LogP contribution < -0.4 is 11.1 Å². The fourth-order valence-electron chi connectivity index (χ4n) is 2.16. The van der Waals surface area contributed by atoms with Crippen molar-refractivity contribution >= 4 is 28.2 Å². The maximum Gasteiger partial charge on any atom is 0.147 e. The molecule has 0 fully saturated rings. The van der Waals surface area contributed by atoms with E-state index in [1.165, 1.54) is 6.33 Å². The van der Waals surface area contributed by atoms with Crippen LogP contribution in [0, 0.1) is 0 Å². The number of aromatic nitrogens is 3. The molecule has 19 heavy (non-hydrogen) atoms. The SMILES string of the molecule is CCn1cc(Nc2ccccc2)c2c(N)ncnc21. The molecule has 96 valence electrons. The molecule has 3 rings (SSSR count). The van der Waals surface area contributed by atoms with E-state index in [2.05, 4.69) is 26.8 Å². The standard InChI is InChI=1S/C14H15N5/c1-2-19-8-11(18-10-6-4-3-5-7-10)12-13(15)16-9-17-14(12)19/h3-9,18H,2H2,1H3,(H2,15,16,17). The number of para-hydroxylation sites is 1. The zero-order valence-electron chi connectivity index (χ0n) is 10.7. The molecule has 0 saturated carbocycles. The Morgan fingerprint density at radius 3 is 2.74 bits per heavy atom. The second kappa shape index (κ2) is 4.61. The van der Waals surface area contributed by atoms with Crippen LogP contribution in [-0.4, -0.2) is 14.5 Å². The summed E-state index contributed by atoms with van der Waals surface area (Å²) in [7, 11) is 0. The predicted molar refractivity (Wildman–Crippen MR) is 77.3 cm³/mol. The molecule has 0 spiro atoms. The quantitative estimate of drug-likeness (QED) is 0.753.